The minimum atomic E-state index is 0.342. The second kappa shape index (κ2) is 5.69. The van der Waals surface area contributed by atoms with Gasteiger partial charge in [-0.15, -0.1) is 11.3 Å². The number of thiazole rings is 1. The van der Waals surface area contributed by atoms with Crippen molar-refractivity contribution in [3.8, 4) is 10.6 Å². The van der Waals surface area contributed by atoms with Gasteiger partial charge in [0.1, 0.15) is 5.01 Å². The van der Waals surface area contributed by atoms with Crippen molar-refractivity contribution in [1.82, 2.24) is 15.3 Å². The van der Waals surface area contributed by atoms with Gasteiger partial charge in [-0.1, -0.05) is 31.2 Å². The average molecular weight is 283 g/mol. The summed E-state index contributed by atoms with van der Waals surface area (Å²) in [6.45, 7) is 5.25. The minimum absolute atomic E-state index is 0.342. The van der Waals surface area contributed by atoms with Crippen molar-refractivity contribution in [3.63, 3.8) is 0 Å². The highest BCUT2D eigenvalue weighted by molar-refractivity contribution is 7.15. The van der Waals surface area contributed by atoms with Crippen LogP contribution in [0.5, 0.6) is 0 Å². The predicted molar refractivity (Wildman–Crippen MR) is 84.9 cm³/mol. The van der Waals surface area contributed by atoms with E-state index < -0.39 is 0 Å². The molecule has 0 aliphatic heterocycles. The Kier molecular flexibility index (Phi) is 3.76. The molecule has 20 heavy (non-hydrogen) atoms. The molecule has 2 heterocycles. The highest BCUT2D eigenvalue weighted by Gasteiger charge is 2.12. The van der Waals surface area contributed by atoms with E-state index in [0.717, 1.165) is 22.5 Å². The third-order valence-electron chi connectivity index (χ3n) is 3.36. The summed E-state index contributed by atoms with van der Waals surface area (Å²) in [6, 6.07) is 8.65. The molecule has 0 amide bonds. The Balaban J connectivity index is 2.03. The fourth-order valence-corrected chi connectivity index (χ4v) is 3.27. The van der Waals surface area contributed by atoms with E-state index in [2.05, 4.69) is 47.3 Å². The topological polar surface area (TPSA) is 37.8 Å². The molecule has 0 saturated carbocycles. The smallest absolute Gasteiger partial charge is 0.125 e. The first-order chi connectivity index (χ1) is 9.79. The van der Waals surface area contributed by atoms with Crippen LogP contribution in [0.4, 0.5) is 0 Å². The first kappa shape index (κ1) is 13.2. The second-order valence-electron chi connectivity index (χ2n) is 4.76. The Bertz CT molecular complexity index is 715. The van der Waals surface area contributed by atoms with Gasteiger partial charge >= 0.3 is 0 Å². The van der Waals surface area contributed by atoms with E-state index in [1.54, 1.807) is 11.3 Å². The van der Waals surface area contributed by atoms with E-state index in [4.69, 9.17) is 0 Å². The SMILES string of the molecule is CCNC(C)c1cnc(-c2cncc3ccccc23)s1. The van der Waals surface area contributed by atoms with Crippen LogP contribution in [0.15, 0.2) is 42.9 Å². The molecule has 3 rings (SSSR count). The number of hydrogen-bond donors (Lipinski definition) is 1. The van der Waals surface area contributed by atoms with Gasteiger partial charge in [-0.05, 0) is 18.9 Å². The van der Waals surface area contributed by atoms with Gasteiger partial charge in [0.2, 0.25) is 0 Å². The summed E-state index contributed by atoms with van der Waals surface area (Å²) in [6.07, 6.45) is 5.77. The number of fused-ring (bicyclic) bond motifs is 1. The van der Waals surface area contributed by atoms with Gasteiger partial charge in [-0.2, -0.15) is 0 Å². The summed E-state index contributed by atoms with van der Waals surface area (Å²) >= 11 is 1.74. The summed E-state index contributed by atoms with van der Waals surface area (Å²) in [5.74, 6) is 0. The van der Waals surface area contributed by atoms with E-state index in [1.807, 2.05) is 24.7 Å². The van der Waals surface area contributed by atoms with Crippen LogP contribution in [-0.2, 0) is 0 Å². The molecule has 4 heteroatoms. The van der Waals surface area contributed by atoms with Crippen LogP contribution in [0.3, 0.4) is 0 Å². The van der Waals surface area contributed by atoms with Crippen LogP contribution >= 0.6 is 11.3 Å². The van der Waals surface area contributed by atoms with Gasteiger partial charge in [-0.25, -0.2) is 4.98 Å². The van der Waals surface area contributed by atoms with Gasteiger partial charge in [0, 0.05) is 40.5 Å². The monoisotopic (exact) mass is 283 g/mol. The molecule has 3 nitrogen and oxygen atoms in total. The van der Waals surface area contributed by atoms with E-state index in [1.165, 1.54) is 10.3 Å². The Morgan fingerprint density at radius 1 is 1.20 bits per heavy atom. The molecule has 1 N–H and O–H groups in total. The number of nitrogens with zero attached hydrogens (tertiary/aromatic N) is 2. The van der Waals surface area contributed by atoms with Crippen molar-refractivity contribution in [2.24, 2.45) is 0 Å². The Morgan fingerprint density at radius 3 is 2.90 bits per heavy atom. The number of pyridine rings is 1. The zero-order chi connectivity index (χ0) is 13.9. The highest BCUT2D eigenvalue weighted by atomic mass is 32.1. The lowest BCUT2D eigenvalue weighted by atomic mass is 10.1. The third kappa shape index (κ3) is 2.44. The summed E-state index contributed by atoms with van der Waals surface area (Å²) < 4.78 is 0. The van der Waals surface area contributed by atoms with Crippen molar-refractivity contribution in [2.75, 3.05) is 6.54 Å². The van der Waals surface area contributed by atoms with Gasteiger partial charge in [0.25, 0.3) is 0 Å². The number of aromatic nitrogens is 2. The molecule has 102 valence electrons. The first-order valence-electron chi connectivity index (χ1n) is 6.82. The van der Waals surface area contributed by atoms with Crippen LogP contribution in [0, 0.1) is 0 Å². The summed E-state index contributed by atoms with van der Waals surface area (Å²) in [5, 5.41) is 6.82. The molecule has 0 aliphatic carbocycles. The molecule has 0 spiro atoms. The van der Waals surface area contributed by atoms with E-state index in [0.29, 0.717) is 6.04 Å². The minimum Gasteiger partial charge on any atom is -0.310 e. The Labute approximate surface area is 122 Å². The standard InChI is InChI=1S/C16H17N3S/c1-3-18-11(2)15-10-19-16(20-15)14-9-17-8-12-6-4-5-7-13(12)14/h4-11,18H,3H2,1-2H3. The number of benzene rings is 1. The quantitative estimate of drug-likeness (QED) is 0.785. The van der Waals surface area contributed by atoms with Crippen LogP contribution in [-0.4, -0.2) is 16.5 Å². The van der Waals surface area contributed by atoms with Gasteiger partial charge in [0.15, 0.2) is 0 Å². The number of hydrogen-bond acceptors (Lipinski definition) is 4. The molecule has 2 aromatic heterocycles. The molecule has 0 aliphatic rings. The molecular weight excluding hydrogens is 266 g/mol. The lowest BCUT2D eigenvalue weighted by Gasteiger charge is -2.08. The first-order valence-corrected chi connectivity index (χ1v) is 7.63. The molecular formula is C16H17N3S. The maximum atomic E-state index is 4.58. The van der Waals surface area contributed by atoms with Crippen LogP contribution < -0.4 is 5.32 Å². The lowest BCUT2D eigenvalue weighted by molar-refractivity contribution is 0.606. The van der Waals surface area contributed by atoms with Crippen molar-refractivity contribution in [1.29, 1.82) is 0 Å². The van der Waals surface area contributed by atoms with Crippen molar-refractivity contribution in [2.45, 2.75) is 19.9 Å². The van der Waals surface area contributed by atoms with Crippen LogP contribution in [0.2, 0.25) is 0 Å². The normalized spacial score (nSPS) is 12.7. The van der Waals surface area contributed by atoms with E-state index in [9.17, 15) is 0 Å². The van der Waals surface area contributed by atoms with E-state index >= 15 is 0 Å². The van der Waals surface area contributed by atoms with Crippen molar-refractivity contribution >= 4 is 22.1 Å². The molecule has 1 atom stereocenters. The molecule has 1 unspecified atom stereocenters. The van der Waals surface area contributed by atoms with Gasteiger partial charge in [0.05, 0.1) is 0 Å². The maximum Gasteiger partial charge on any atom is 0.125 e. The summed E-state index contributed by atoms with van der Waals surface area (Å²) in [7, 11) is 0. The maximum absolute atomic E-state index is 4.58. The van der Waals surface area contributed by atoms with Crippen molar-refractivity contribution in [3.05, 3.63) is 47.7 Å². The third-order valence-corrected chi connectivity index (χ3v) is 4.57. The molecule has 1 aromatic carbocycles. The molecule has 0 radical (unpaired) electrons. The van der Waals surface area contributed by atoms with Gasteiger partial charge < -0.3 is 5.32 Å². The number of rotatable bonds is 4. The van der Waals surface area contributed by atoms with Crippen LogP contribution in [0.25, 0.3) is 21.3 Å². The molecule has 0 saturated heterocycles. The Hall–Kier alpha value is -1.78. The zero-order valence-corrected chi connectivity index (χ0v) is 12.4. The summed E-state index contributed by atoms with van der Waals surface area (Å²) in [4.78, 5) is 10.2. The Morgan fingerprint density at radius 2 is 2.05 bits per heavy atom. The van der Waals surface area contributed by atoms with E-state index in [-0.39, 0.29) is 0 Å². The molecule has 0 bridgehead atoms. The largest absolute Gasteiger partial charge is 0.310 e. The highest BCUT2D eigenvalue weighted by Crippen LogP contribution is 2.32. The van der Waals surface area contributed by atoms with Crippen LogP contribution in [0.1, 0.15) is 24.8 Å². The average Bonchev–Trinajstić information content (AvgIpc) is 2.97. The second-order valence-corrected chi connectivity index (χ2v) is 5.82. The van der Waals surface area contributed by atoms with Gasteiger partial charge in [-0.3, -0.25) is 4.98 Å². The van der Waals surface area contributed by atoms with Crippen molar-refractivity contribution < 1.29 is 0 Å². The molecule has 3 aromatic rings. The fourth-order valence-electron chi connectivity index (χ4n) is 2.31. The lowest BCUT2D eigenvalue weighted by Crippen LogP contribution is -2.16. The summed E-state index contributed by atoms with van der Waals surface area (Å²) in [5.41, 5.74) is 1.11. The molecule has 0 fully saturated rings. The predicted octanol–water partition coefficient (Wildman–Crippen LogP) is 4.03. The fraction of sp³-hybridized carbons (Fsp3) is 0.250. The number of nitrogens with one attached hydrogen (secondary N) is 1. The zero-order valence-electron chi connectivity index (χ0n) is 11.6.